The molecule has 1 fully saturated rings. The second kappa shape index (κ2) is 11.6. The highest BCUT2D eigenvalue weighted by Gasteiger charge is 2.39. The topological polar surface area (TPSA) is 81.0 Å². The minimum atomic E-state index is 0.130. The Hall–Kier alpha value is -3.26. The number of thioether (sulfide) groups is 1. The smallest absolute Gasteiger partial charge is 0.318 e. The Labute approximate surface area is 247 Å². The standard InChI is InChI=1S/C31H36N7OPS/c1-37(2)31(11-7-12-31)19-34-29-24-18-33-26(23-17-21(41-4)16-20-8-5-6-9-22(20)23)28(40)27(24)35-30(36-29)39-15-10-25-32-13-14-38(25)3/h5-6,8-9,13-14,16-18H,7,10-12,15,19,40H2,1-4H3,(H,34,35,36). The second-order valence-corrected chi connectivity index (χ2v) is 12.4. The number of nitrogens with one attached hydrogen (secondary N) is 1. The van der Waals surface area contributed by atoms with Gasteiger partial charge in [0, 0.05) is 59.9 Å². The van der Waals surface area contributed by atoms with Crippen molar-refractivity contribution in [1.29, 1.82) is 0 Å². The van der Waals surface area contributed by atoms with Crippen LogP contribution in [0.25, 0.3) is 32.9 Å². The summed E-state index contributed by atoms with van der Waals surface area (Å²) in [5.74, 6) is 1.71. The van der Waals surface area contributed by atoms with E-state index in [0.29, 0.717) is 19.0 Å². The number of hydrogen-bond acceptors (Lipinski definition) is 8. The maximum atomic E-state index is 6.15. The molecule has 8 nitrogen and oxygen atoms in total. The van der Waals surface area contributed by atoms with E-state index in [1.54, 1.807) is 18.0 Å². The first kappa shape index (κ1) is 27.9. The summed E-state index contributed by atoms with van der Waals surface area (Å²) in [4.78, 5) is 22.7. The molecule has 0 bridgehead atoms. The van der Waals surface area contributed by atoms with E-state index < -0.39 is 0 Å². The van der Waals surface area contributed by atoms with Gasteiger partial charge in [-0.05, 0) is 62.5 Å². The third-order valence-electron chi connectivity index (χ3n) is 8.38. The van der Waals surface area contributed by atoms with Gasteiger partial charge < -0.3 is 19.5 Å². The van der Waals surface area contributed by atoms with Gasteiger partial charge in [0.1, 0.15) is 11.6 Å². The van der Waals surface area contributed by atoms with Crippen molar-refractivity contribution >= 4 is 53.8 Å². The zero-order valence-electron chi connectivity index (χ0n) is 24.0. The Balaban J connectivity index is 1.42. The number of hydrogen-bond donors (Lipinski definition) is 1. The van der Waals surface area contributed by atoms with Crippen molar-refractivity contribution < 1.29 is 4.74 Å². The molecule has 3 aromatic heterocycles. The number of aromatic nitrogens is 5. The van der Waals surface area contributed by atoms with Gasteiger partial charge >= 0.3 is 6.01 Å². The first-order valence-electron chi connectivity index (χ1n) is 13.9. The van der Waals surface area contributed by atoms with Crippen LogP contribution < -0.4 is 15.4 Å². The fraction of sp³-hybridized carbons (Fsp3) is 0.355. The molecule has 6 rings (SSSR count). The summed E-state index contributed by atoms with van der Waals surface area (Å²) in [7, 11) is 9.21. The quantitative estimate of drug-likeness (QED) is 0.174. The van der Waals surface area contributed by atoms with E-state index >= 15 is 0 Å². The van der Waals surface area contributed by atoms with Gasteiger partial charge in [-0.2, -0.15) is 9.97 Å². The normalized spacial score (nSPS) is 14.5. The Morgan fingerprint density at radius 3 is 2.66 bits per heavy atom. The van der Waals surface area contributed by atoms with Crippen molar-refractivity contribution in [2.75, 3.05) is 38.8 Å². The summed E-state index contributed by atoms with van der Waals surface area (Å²) < 4.78 is 8.15. The molecule has 1 saturated carbocycles. The lowest BCUT2D eigenvalue weighted by molar-refractivity contribution is 0.0738. The Morgan fingerprint density at radius 2 is 1.95 bits per heavy atom. The van der Waals surface area contributed by atoms with Crippen LogP contribution in [0.2, 0.25) is 0 Å². The van der Waals surface area contributed by atoms with Crippen LogP contribution in [0, 0.1) is 0 Å². The van der Waals surface area contributed by atoms with Gasteiger partial charge in [-0.3, -0.25) is 4.98 Å². The summed E-state index contributed by atoms with van der Waals surface area (Å²) in [5, 5.41) is 7.83. The molecule has 0 amide bonds. The van der Waals surface area contributed by atoms with Gasteiger partial charge in [0.2, 0.25) is 0 Å². The molecule has 10 heteroatoms. The van der Waals surface area contributed by atoms with Crippen molar-refractivity contribution in [2.45, 2.75) is 36.1 Å². The van der Waals surface area contributed by atoms with Crippen LogP contribution >= 0.6 is 21.0 Å². The van der Waals surface area contributed by atoms with Crippen LogP contribution in [0.5, 0.6) is 6.01 Å². The molecule has 0 saturated heterocycles. The van der Waals surface area contributed by atoms with E-state index in [9.17, 15) is 0 Å². The van der Waals surface area contributed by atoms with Crippen LogP contribution in [0.15, 0.2) is 59.9 Å². The number of rotatable bonds is 10. The molecule has 1 N–H and O–H groups in total. The Kier molecular flexibility index (Phi) is 7.86. The number of ether oxygens (including phenoxy) is 1. The van der Waals surface area contributed by atoms with E-state index in [1.807, 2.05) is 24.0 Å². The zero-order chi connectivity index (χ0) is 28.6. The summed E-state index contributed by atoms with van der Waals surface area (Å²) in [5.41, 5.74) is 2.92. The molecular weight excluding hydrogens is 549 g/mol. The van der Waals surface area contributed by atoms with Gasteiger partial charge in [0.05, 0.1) is 23.2 Å². The molecule has 3 heterocycles. The lowest BCUT2D eigenvalue weighted by Crippen LogP contribution is -2.54. The van der Waals surface area contributed by atoms with E-state index in [1.165, 1.54) is 29.5 Å². The first-order valence-corrected chi connectivity index (χ1v) is 15.7. The van der Waals surface area contributed by atoms with Crippen LogP contribution in [0.1, 0.15) is 25.1 Å². The van der Waals surface area contributed by atoms with Crippen LogP contribution in [0.4, 0.5) is 5.82 Å². The number of likely N-dealkylation sites (N-methyl/N-ethyl adjacent to an activating group) is 1. The number of imidazole rings is 1. The van der Waals surface area contributed by atoms with Gasteiger partial charge in [-0.25, -0.2) is 4.98 Å². The predicted molar refractivity (Wildman–Crippen MR) is 173 cm³/mol. The number of fused-ring (bicyclic) bond motifs is 2. The van der Waals surface area contributed by atoms with Crippen molar-refractivity contribution in [2.24, 2.45) is 7.05 Å². The van der Waals surface area contributed by atoms with Crippen molar-refractivity contribution in [3.05, 3.63) is 60.8 Å². The number of nitrogens with zero attached hydrogens (tertiary/aromatic N) is 6. The molecule has 0 spiro atoms. The monoisotopic (exact) mass is 585 g/mol. The van der Waals surface area contributed by atoms with Gasteiger partial charge in [-0.15, -0.1) is 21.0 Å². The maximum absolute atomic E-state index is 6.15. The number of benzene rings is 2. The van der Waals surface area contributed by atoms with Gasteiger partial charge in [0.25, 0.3) is 0 Å². The summed E-state index contributed by atoms with van der Waals surface area (Å²) in [6.45, 7) is 1.23. The molecule has 0 aliphatic heterocycles. The molecule has 0 radical (unpaired) electrons. The highest BCUT2D eigenvalue weighted by atomic mass is 32.2. The largest absolute Gasteiger partial charge is 0.463 e. The number of pyridine rings is 1. The average molecular weight is 586 g/mol. The molecule has 41 heavy (non-hydrogen) atoms. The SMILES string of the molecule is CSc1cc(-c2ncc3c(NCC4(N(C)C)CCC4)nc(OCCc4nccn4C)nc3c2P)c2ccccc2c1. The van der Waals surface area contributed by atoms with E-state index in [-0.39, 0.29) is 5.54 Å². The Morgan fingerprint density at radius 1 is 1.12 bits per heavy atom. The van der Waals surface area contributed by atoms with E-state index in [2.05, 4.69) is 81.2 Å². The molecule has 2 aromatic carbocycles. The van der Waals surface area contributed by atoms with Gasteiger partial charge in [-0.1, -0.05) is 24.3 Å². The molecule has 1 aliphatic rings. The minimum absolute atomic E-state index is 0.130. The maximum Gasteiger partial charge on any atom is 0.318 e. The molecule has 5 aromatic rings. The predicted octanol–water partition coefficient (Wildman–Crippen LogP) is 5.32. The second-order valence-electron chi connectivity index (χ2n) is 10.9. The Bertz CT molecular complexity index is 1720. The highest BCUT2D eigenvalue weighted by Crippen LogP contribution is 2.37. The van der Waals surface area contributed by atoms with Gasteiger partial charge in [0.15, 0.2) is 0 Å². The highest BCUT2D eigenvalue weighted by molar-refractivity contribution is 7.98. The van der Waals surface area contributed by atoms with Crippen LogP contribution in [0.3, 0.4) is 0 Å². The van der Waals surface area contributed by atoms with Crippen LogP contribution in [-0.4, -0.2) is 68.4 Å². The van der Waals surface area contributed by atoms with Crippen molar-refractivity contribution in [3.8, 4) is 17.3 Å². The lowest BCUT2D eigenvalue weighted by atomic mass is 9.75. The summed E-state index contributed by atoms with van der Waals surface area (Å²) in [6.07, 6.45) is 12.0. The number of anilines is 1. The number of aryl methyl sites for hydroxylation is 1. The molecule has 212 valence electrons. The zero-order valence-corrected chi connectivity index (χ0v) is 26.0. The minimum Gasteiger partial charge on any atom is -0.463 e. The third kappa shape index (κ3) is 5.39. The molecular formula is C31H36N7OPS. The van der Waals surface area contributed by atoms with E-state index in [0.717, 1.165) is 51.0 Å². The van der Waals surface area contributed by atoms with Crippen molar-refractivity contribution in [1.82, 2.24) is 29.4 Å². The summed E-state index contributed by atoms with van der Waals surface area (Å²) in [6, 6.07) is 13.3. The van der Waals surface area contributed by atoms with E-state index in [4.69, 9.17) is 19.7 Å². The molecule has 1 unspecified atom stereocenters. The fourth-order valence-corrected chi connectivity index (χ4v) is 6.51. The fourth-order valence-electron chi connectivity index (χ4n) is 5.58. The lowest BCUT2D eigenvalue weighted by Gasteiger charge is -2.47. The third-order valence-corrected chi connectivity index (χ3v) is 9.63. The molecule has 1 aliphatic carbocycles. The average Bonchev–Trinajstić information content (AvgIpc) is 3.36. The van der Waals surface area contributed by atoms with Crippen LogP contribution in [-0.2, 0) is 13.5 Å². The first-order chi connectivity index (χ1) is 19.9. The molecule has 1 atom stereocenters. The summed E-state index contributed by atoms with van der Waals surface area (Å²) >= 11 is 1.73. The van der Waals surface area contributed by atoms with Crippen molar-refractivity contribution in [3.63, 3.8) is 0 Å².